The van der Waals surface area contributed by atoms with Gasteiger partial charge in [0.15, 0.2) is 0 Å². The van der Waals surface area contributed by atoms with Crippen molar-refractivity contribution in [1.82, 2.24) is 5.32 Å². The summed E-state index contributed by atoms with van der Waals surface area (Å²) in [4.78, 5) is 0. The van der Waals surface area contributed by atoms with E-state index in [9.17, 15) is 0 Å². The highest BCUT2D eigenvalue weighted by atomic mass is 14.9. The van der Waals surface area contributed by atoms with Crippen LogP contribution in [0.15, 0.2) is 0 Å². The van der Waals surface area contributed by atoms with Crippen LogP contribution in [0.4, 0.5) is 0 Å². The maximum absolute atomic E-state index is 8.77. The summed E-state index contributed by atoms with van der Waals surface area (Å²) < 4.78 is 0. The highest BCUT2D eigenvalue weighted by molar-refractivity contribution is 4.89. The second kappa shape index (κ2) is 4.79. The van der Waals surface area contributed by atoms with E-state index in [0.29, 0.717) is 12.0 Å². The Labute approximate surface area is 86.7 Å². The molecule has 1 N–H and O–H groups in total. The van der Waals surface area contributed by atoms with E-state index in [4.69, 9.17) is 5.26 Å². The van der Waals surface area contributed by atoms with Crippen molar-refractivity contribution in [1.29, 1.82) is 5.26 Å². The van der Waals surface area contributed by atoms with Crippen molar-refractivity contribution in [3.05, 3.63) is 0 Å². The first-order valence-electron chi connectivity index (χ1n) is 6.01. The van der Waals surface area contributed by atoms with Crippen molar-refractivity contribution < 1.29 is 0 Å². The van der Waals surface area contributed by atoms with Gasteiger partial charge in [-0.25, -0.2) is 0 Å². The molecule has 0 spiro atoms. The Balaban J connectivity index is 1.61. The molecule has 2 aliphatic rings. The van der Waals surface area contributed by atoms with Crippen LogP contribution in [0.2, 0.25) is 0 Å². The Kier molecular flexibility index (Phi) is 3.42. The standard InChI is InChI=1S/C12H20N2/c13-8-10-4-6-12(7-5-10)14-9-11-2-1-3-11/h10-12,14H,1-7,9H2. The molecule has 2 rings (SSSR count). The van der Waals surface area contributed by atoms with Crippen molar-refractivity contribution in [2.75, 3.05) is 6.54 Å². The van der Waals surface area contributed by atoms with Gasteiger partial charge in [0, 0.05) is 12.0 Å². The van der Waals surface area contributed by atoms with E-state index in [0.717, 1.165) is 18.8 Å². The van der Waals surface area contributed by atoms with E-state index in [1.54, 1.807) is 0 Å². The minimum atomic E-state index is 0.344. The van der Waals surface area contributed by atoms with E-state index in [-0.39, 0.29) is 0 Å². The molecule has 2 nitrogen and oxygen atoms in total. The second-order valence-electron chi connectivity index (χ2n) is 4.88. The van der Waals surface area contributed by atoms with E-state index >= 15 is 0 Å². The first-order chi connectivity index (χ1) is 6.88. The lowest BCUT2D eigenvalue weighted by molar-refractivity contribution is 0.261. The van der Waals surface area contributed by atoms with Crippen molar-refractivity contribution in [2.24, 2.45) is 11.8 Å². The molecule has 0 amide bonds. The largest absolute Gasteiger partial charge is 0.314 e. The summed E-state index contributed by atoms with van der Waals surface area (Å²) in [5.41, 5.74) is 0. The van der Waals surface area contributed by atoms with E-state index in [1.165, 1.54) is 38.6 Å². The third kappa shape index (κ3) is 2.48. The van der Waals surface area contributed by atoms with Gasteiger partial charge in [0.1, 0.15) is 0 Å². The number of nitrogens with one attached hydrogen (secondary N) is 1. The minimum absolute atomic E-state index is 0.344. The van der Waals surface area contributed by atoms with Gasteiger partial charge >= 0.3 is 0 Å². The molecule has 0 bridgehead atoms. The second-order valence-corrected chi connectivity index (χ2v) is 4.88. The molecule has 2 aliphatic carbocycles. The maximum atomic E-state index is 8.77. The van der Waals surface area contributed by atoms with Crippen LogP contribution in [0.5, 0.6) is 0 Å². The molecule has 0 aromatic heterocycles. The van der Waals surface area contributed by atoms with Gasteiger partial charge in [-0.1, -0.05) is 6.42 Å². The molecule has 0 aliphatic heterocycles. The Morgan fingerprint density at radius 2 is 1.79 bits per heavy atom. The number of rotatable bonds is 3. The number of nitriles is 1. The molecule has 0 heterocycles. The van der Waals surface area contributed by atoms with Gasteiger partial charge in [-0.2, -0.15) is 5.26 Å². The van der Waals surface area contributed by atoms with Crippen LogP contribution in [-0.4, -0.2) is 12.6 Å². The lowest BCUT2D eigenvalue weighted by atomic mass is 9.83. The average Bonchev–Trinajstić information content (AvgIpc) is 2.16. The van der Waals surface area contributed by atoms with Crippen LogP contribution < -0.4 is 5.32 Å². The SMILES string of the molecule is N#CC1CCC(NCC2CCC2)CC1. The van der Waals surface area contributed by atoms with Gasteiger partial charge in [-0.3, -0.25) is 0 Å². The first-order valence-corrected chi connectivity index (χ1v) is 6.01. The smallest absolute Gasteiger partial charge is 0.0655 e. The fourth-order valence-corrected chi connectivity index (χ4v) is 2.46. The third-order valence-electron chi connectivity index (χ3n) is 3.83. The molecule has 14 heavy (non-hydrogen) atoms. The van der Waals surface area contributed by atoms with Crippen LogP contribution in [0.25, 0.3) is 0 Å². The summed E-state index contributed by atoms with van der Waals surface area (Å²) in [5.74, 6) is 1.31. The molecule has 0 aromatic carbocycles. The fraction of sp³-hybridized carbons (Fsp3) is 0.917. The van der Waals surface area contributed by atoms with Crippen LogP contribution in [0, 0.1) is 23.2 Å². The fourth-order valence-electron chi connectivity index (χ4n) is 2.46. The lowest BCUT2D eigenvalue weighted by Crippen LogP contribution is -2.37. The van der Waals surface area contributed by atoms with Crippen molar-refractivity contribution in [3.63, 3.8) is 0 Å². The Hall–Kier alpha value is -0.550. The molecule has 0 unspecified atom stereocenters. The summed E-state index contributed by atoms with van der Waals surface area (Å²) in [6.45, 7) is 1.22. The molecule has 0 saturated heterocycles. The third-order valence-corrected chi connectivity index (χ3v) is 3.83. The molecule has 2 fully saturated rings. The summed E-state index contributed by atoms with van der Waals surface area (Å²) in [7, 11) is 0. The highest BCUT2D eigenvalue weighted by Gasteiger charge is 2.22. The molecule has 2 saturated carbocycles. The maximum Gasteiger partial charge on any atom is 0.0655 e. The quantitative estimate of drug-likeness (QED) is 0.745. The van der Waals surface area contributed by atoms with Crippen molar-refractivity contribution >= 4 is 0 Å². The summed E-state index contributed by atoms with van der Waals surface area (Å²) in [6, 6.07) is 3.09. The average molecular weight is 192 g/mol. The molecular weight excluding hydrogens is 172 g/mol. The molecule has 2 heteroatoms. The Morgan fingerprint density at radius 1 is 1.07 bits per heavy atom. The van der Waals surface area contributed by atoms with Crippen LogP contribution in [-0.2, 0) is 0 Å². The predicted molar refractivity (Wildman–Crippen MR) is 56.7 cm³/mol. The molecule has 0 radical (unpaired) electrons. The number of nitrogens with zero attached hydrogens (tertiary/aromatic N) is 1. The highest BCUT2D eigenvalue weighted by Crippen LogP contribution is 2.27. The van der Waals surface area contributed by atoms with E-state index in [2.05, 4.69) is 11.4 Å². The number of hydrogen-bond donors (Lipinski definition) is 1. The van der Waals surface area contributed by atoms with Crippen molar-refractivity contribution in [3.8, 4) is 6.07 Å². The van der Waals surface area contributed by atoms with Crippen LogP contribution in [0.3, 0.4) is 0 Å². The van der Waals surface area contributed by atoms with Gasteiger partial charge in [-0.15, -0.1) is 0 Å². The zero-order chi connectivity index (χ0) is 9.80. The summed E-state index contributed by atoms with van der Waals surface area (Å²) in [6.07, 6.45) is 8.95. The molecular formula is C12H20N2. The topological polar surface area (TPSA) is 35.8 Å². The monoisotopic (exact) mass is 192 g/mol. The first kappa shape index (κ1) is 9.98. The van der Waals surface area contributed by atoms with E-state index < -0.39 is 0 Å². The normalized spacial score (nSPS) is 33.4. The van der Waals surface area contributed by atoms with Gasteiger partial charge < -0.3 is 5.32 Å². The van der Waals surface area contributed by atoms with Crippen LogP contribution in [0.1, 0.15) is 44.9 Å². The van der Waals surface area contributed by atoms with E-state index in [1.807, 2.05) is 0 Å². The van der Waals surface area contributed by atoms with Gasteiger partial charge in [0.2, 0.25) is 0 Å². The molecule has 0 atom stereocenters. The molecule has 78 valence electrons. The summed E-state index contributed by atoms with van der Waals surface area (Å²) >= 11 is 0. The lowest BCUT2D eigenvalue weighted by Gasteiger charge is -2.31. The van der Waals surface area contributed by atoms with Gasteiger partial charge in [-0.05, 0) is 51.0 Å². The molecule has 0 aromatic rings. The predicted octanol–water partition coefficient (Wildman–Crippen LogP) is 2.46. The van der Waals surface area contributed by atoms with Gasteiger partial charge in [0.05, 0.1) is 6.07 Å². The van der Waals surface area contributed by atoms with Crippen molar-refractivity contribution in [2.45, 2.75) is 51.0 Å². The Morgan fingerprint density at radius 3 is 2.29 bits per heavy atom. The number of hydrogen-bond acceptors (Lipinski definition) is 2. The van der Waals surface area contributed by atoms with Crippen LogP contribution >= 0.6 is 0 Å². The Bertz CT molecular complexity index is 207. The van der Waals surface area contributed by atoms with Gasteiger partial charge in [0.25, 0.3) is 0 Å². The zero-order valence-electron chi connectivity index (χ0n) is 8.84. The summed E-state index contributed by atoms with van der Waals surface area (Å²) in [5, 5.41) is 12.4. The minimum Gasteiger partial charge on any atom is -0.314 e. The zero-order valence-corrected chi connectivity index (χ0v) is 8.84.